The number of hydrogen-bond donors (Lipinski definition) is 2. The van der Waals surface area contributed by atoms with Crippen LogP contribution in [0.15, 0.2) is 24.3 Å². The van der Waals surface area contributed by atoms with Crippen LogP contribution in [-0.4, -0.2) is 112 Å². The fourth-order valence-corrected chi connectivity index (χ4v) is 9.85. The van der Waals surface area contributed by atoms with E-state index in [1.165, 1.54) is 24.3 Å². The molecule has 4 fully saturated rings. The van der Waals surface area contributed by atoms with Gasteiger partial charge in [0, 0.05) is 49.2 Å². The molecule has 4 aromatic rings. The number of hydrogen-bond acceptors (Lipinski definition) is 11. The van der Waals surface area contributed by atoms with E-state index in [1.807, 2.05) is 4.90 Å². The van der Waals surface area contributed by atoms with Gasteiger partial charge < -0.3 is 34.4 Å². The molecule has 294 valence electrons. The monoisotopic (exact) mass is 767 g/mol. The summed E-state index contributed by atoms with van der Waals surface area (Å²) in [4.78, 5) is 33.8. The van der Waals surface area contributed by atoms with E-state index in [2.05, 4.69) is 28.0 Å². The lowest BCUT2D eigenvalue weighted by Crippen LogP contribution is -2.60. The van der Waals surface area contributed by atoms with Crippen molar-refractivity contribution >= 4 is 33.6 Å². The summed E-state index contributed by atoms with van der Waals surface area (Å²) >= 11 is 0. The van der Waals surface area contributed by atoms with Crippen LogP contribution in [-0.2, 0) is 4.74 Å². The molecule has 9 rings (SSSR count). The Morgan fingerprint density at radius 1 is 1.07 bits per heavy atom. The molecule has 1 amide bonds. The number of likely N-dealkylation sites (tertiary alicyclic amines) is 1. The van der Waals surface area contributed by atoms with E-state index < -0.39 is 11.6 Å². The highest BCUT2D eigenvalue weighted by Gasteiger charge is 2.50. The third-order valence-electron chi connectivity index (χ3n) is 12.7. The molecule has 5 aliphatic heterocycles. The molecular weight excluding hydrogens is 721 g/mol. The number of benzene rings is 2. The molecule has 2 aromatic carbocycles. The minimum atomic E-state index is -0.798. The minimum absolute atomic E-state index is 0.0233. The Balaban J connectivity index is 1.08. The van der Waals surface area contributed by atoms with Crippen molar-refractivity contribution in [1.29, 1.82) is 0 Å². The second-order valence-corrected chi connectivity index (χ2v) is 15.8. The molecule has 56 heavy (non-hydrogen) atoms. The Labute approximate surface area is 324 Å². The lowest BCUT2D eigenvalue weighted by Gasteiger charge is -2.41. The van der Waals surface area contributed by atoms with Crippen LogP contribution < -0.4 is 19.7 Å². The maximum absolute atomic E-state index is 17.3. The summed E-state index contributed by atoms with van der Waals surface area (Å²) in [6.07, 6.45) is 14.3. The van der Waals surface area contributed by atoms with Gasteiger partial charge in [0.05, 0.1) is 17.1 Å². The molecule has 0 radical (unpaired) electrons. The zero-order valence-electron chi connectivity index (χ0n) is 31.7. The minimum Gasteiger partial charge on any atom is -0.508 e. The number of nitrogens with one attached hydrogen (secondary N) is 1. The van der Waals surface area contributed by atoms with Crippen molar-refractivity contribution in [3.8, 4) is 41.2 Å². The first-order valence-electron chi connectivity index (χ1n) is 20.1. The standard InChI is InChI=1S/C42H47F2N7O5/c1-3-28-30(43)11-10-25-20-27(52)21-29(33(25)28)36-35(44)37-34-38(50-19-15-45-31(4-2)32(50)23-54-39(34)46-36)48-40(47-37)56-24-42-13-9-18-51(42)26(12-14-42)22-55-41(53)49-16-7-5-6-8-17-49/h1,10-11,20-21,26,31-32,45,52H,4-9,12-19,22-24H2,2H3/t26-,31-,32+,42-/m0/s1. The van der Waals surface area contributed by atoms with E-state index in [-0.39, 0.29) is 88.3 Å². The number of nitrogens with zero attached hydrogens (tertiary/aromatic N) is 6. The van der Waals surface area contributed by atoms with Crippen molar-refractivity contribution < 1.29 is 32.9 Å². The van der Waals surface area contributed by atoms with Gasteiger partial charge in [-0.2, -0.15) is 9.97 Å². The van der Waals surface area contributed by atoms with Gasteiger partial charge >= 0.3 is 12.1 Å². The second kappa shape index (κ2) is 14.8. The molecule has 12 nitrogen and oxygen atoms in total. The first-order valence-corrected chi connectivity index (χ1v) is 20.1. The second-order valence-electron chi connectivity index (χ2n) is 15.8. The van der Waals surface area contributed by atoms with Crippen LogP contribution in [0.4, 0.5) is 19.4 Å². The van der Waals surface area contributed by atoms with E-state index in [9.17, 15) is 9.90 Å². The van der Waals surface area contributed by atoms with Crippen molar-refractivity contribution in [2.45, 2.75) is 88.4 Å². The topological polar surface area (TPSA) is 125 Å². The van der Waals surface area contributed by atoms with Gasteiger partial charge in [-0.05, 0) is 75.1 Å². The van der Waals surface area contributed by atoms with Gasteiger partial charge in [-0.1, -0.05) is 31.8 Å². The molecule has 0 unspecified atom stereocenters. The van der Waals surface area contributed by atoms with Gasteiger partial charge in [0.25, 0.3) is 0 Å². The summed E-state index contributed by atoms with van der Waals surface area (Å²) in [5, 5.41) is 15.3. The quantitative estimate of drug-likeness (QED) is 0.211. The Hall–Kier alpha value is -5.00. The molecule has 0 aliphatic carbocycles. The molecule has 14 heteroatoms. The molecular formula is C42H47F2N7O5. The van der Waals surface area contributed by atoms with Crippen LogP contribution in [0, 0.1) is 24.0 Å². The largest absolute Gasteiger partial charge is 0.508 e. The molecule has 0 bridgehead atoms. The fraction of sp³-hybridized carbons (Fsp3) is 0.524. The number of phenols is 1. The predicted octanol–water partition coefficient (Wildman–Crippen LogP) is 6.15. The van der Waals surface area contributed by atoms with Gasteiger partial charge in [-0.25, -0.2) is 18.6 Å². The van der Waals surface area contributed by atoms with Gasteiger partial charge in [0.1, 0.15) is 53.8 Å². The molecule has 2 N–H and O–H groups in total. The van der Waals surface area contributed by atoms with Crippen molar-refractivity contribution in [3.63, 3.8) is 0 Å². The van der Waals surface area contributed by atoms with E-state index in [1.54, 1.807) is 0 Å². The maximum atomic E-state index is 17.3. The number of anilines is 1. The number of aromatic nitrogens is 3. The summed E-state index contributed by atoms with van der Waals surface area (Å²) in [6.45, 7) is 6.60. The van der Waals surface area contributed by atoms with E-state index in [0.29, 0.717) is 36.3 Å². The first kappa shape index (κ1) is 36.6. The van der Waals surface area contributed by atoms with E-state index in [4.69, 9.17) is 35.6 Å². The molecule has 4 atom stereocenters. The number of fused-ring (bicyclic) bond motifs is 4. The summed E-state index contributed by atoms with van der Waals surface area (Å²) in [7, 11) is 0. The Morgan fingerprint density at radius 2 is 1.91 bits per heavy atom. The summed E-state index contributed by atoms with van der Waals surface area (Å²) in [6, 6.07) is 5.52. The van der Waals surface area contributed by atoms with Crippen LogP contribution >= 0.6 is 0 Å². The number of pyridine rings is 1. The highest BCUT2D eigenvalue weighted by atomic mass is 19.1. The molecule has 2 aromatic heterocycles. The Kier molecular flexibility index (Phi) is 9.69. The fourth-order valence-electron chi connectivity index (χ4n) is 9.85. The van der Waals surface area contributed by atoms with Gasteiger partial charge in [0.2, 0.25) is 5.88 Å². The lowest BCUT2D eigenvalue weighted by atomic mass is 9.95. The number of rotatable bonds is 7. The molecule has 4 saturated heterocycles. The van der Waals surface area contributed by atoms with Gasteiger partial charge in [0.15, 0.2) is 5.82 Å². The number of halogens is 2. The van der Waals surface area contributed by atoms with E-state index >= 15 is 8.78 Å². The molecule has 0 saturated carbocycles. The normalized spacial score (nSPS) is 24.9. The molecule has 0 spiro atoms. The van der Waals surface area contributed by atoms with Crippen LogP contribution in [0.25, 0.3) is 32.9 Å². The third-order valence-corrected chi connectivity index (χ3v) is 12.7. The number of phenolic OH excluding ortho intramolecular Hbond substituents is 1. The molecule has 7 heterocycles. The smallest absolute Gasteiger partial charge is 0.409 e. The average molecular weight is 768 g/mol. The maximum Gasteiger partial charge on any atom is 0.409 e. The van der Waals surface area contributed by atoms with Crippen LogP contribution in [0.2, 0.25) is 0 Å². The zero-order chi connectivity index (χ0) is 38.6. The van der Waals surface area contributed by atoms with Crippen molar-refractivity contribution in [2.24, 2.45) is 0 Å². The first-order chi connectivity index (χ1) is 27.3. The summed E-state index contributed by atoms with van der Waals surface area (Å²) < 4.78 is 51.2. The number of piperazine rings is 1. The Morgan fingerprint density at radius 3 is 2.71 bits per heavy atom. The van der Waals surface area contributed by atoms with Gasteiger partial charge in [-0.15, -0.1) is 6.42 Å². The highest BCUT2D eigenvalue weighted by molar-refractivity contribution is 6.04. The number of carbonyl (C=O) groups is 1. The highest BCUT2D eigenvalue weighted by Crippen LogP contribution is 2.45. The number of carbonyl (C=O) groups excluding carboxylic acids is 1. The molecule has 5 aliphatic rings. The third kappa shape index (κ3) is 6.29. The van der Waals surface area contributed by atoms with E-state index in [0.717, 1.165) is 77.4 Å². The number of aromatic hydroxyl groups is 1. The average Bonchev–Trinajstić information content (AvgIpc) is 3.58. The van der Waals surface area contributed by atoms with Crippen molar-refractivity contribution in [3.05, 3.63) is 41.5 Å². The van der Waals surface area contributed by atoms with Crippen LogP contribution in [0.5, 0.6) is 17.6 Å². The van der Waals surface area contributed by atoms with Gasteiger partial charge in [-0.3, -0.25) is 4.90 Å². The number of amides is 1. The summed E-state index contributed by atoms with van der Waals surface area (Å²) in [5.74, 6) is 1.40. The number of terminal acetylenes is 1. The predicted molar refractivity (Wildman–Crippen MR) is 207 cm³/mol. The lowest BCUT2D eigenvalue weighted by molar-refractivity contribution is 0.0444. The van der Waals surface area contributed by atoms with Crippen molar-refractivity contribution in [1.82, 2.24) is 30.1 Å². The number of ether oxygens (including phenoxy) is 3. The summed E-state index contributed by atoms with van der Waals surface area (Å²) in [5.41, 5.74) is -0.510. The SMILES string of the molecule is C#Cc1c(F)ccc2cc(O)cc(-c3nc4c5c(nc(OC[C@@]67CCCN6[C@H](COC(=O)N6CCCCCC6)CC7)nc5c3F)N3CCN[C@@H](CC)[C@H]3CO4)c12. The zero-order valence-corrected chi connectivity index (χ0v) is 31.7. The van der Waals surface area contributed by atoms with Crippen LogP contribution in [0.1, 0.15) is 70.3 Å². The van der Waals surface area contributed by atoms with Crippen LogP contribution in [0.3, 0.4) is 0 Å². The Bertz CT molecular complexity index is 2230. The van der Waals surface area contributed by atoms with Crippen molar-refractivity contribution in [2.75, 3.05) is 57.4 Å².